The summed E-state index contributed by atoms with van der Waals surface area (Å²) in [5.74, 6) is 5.51. The van der Waals surface area contributed by atoms with E-state index in [9.17, 15) is 4.79 Å². The fourth-order valence-corrected chi connectivity index (χ4v) is 1.77. The molecule has 0 saturated carbocycles. The van der Waals surface area contributed by atoms with Gasteiger partial charge >= 0.3 is 0 Å². The Morgan fingerprint density at radius 2 is 1.85 bits per heavy atom. The second-order valence-corrected chi connectivity index (χ2v) is 4.37. The molecule has 0 radical (unpaired) electrons. The highest BCUT2D eigenvalue weighted by Crippen LogP contribution is 2.13. The van der Waals surface area contributed by atoms with Gasteiger partial charge in [-0.25, -0.2) is 0 Å². The van der Waals surface area contributed by atoms with Crippen LogP contribution in [0.3, 0.4) is 0 Å². The van der Waals surface area contributed by atoms with E-state index < -0.39 is 0 Å². The highest BCUT2D eigenvalue weighted by atomic mass is 16.1. The Morgan fingerprint density at radius 1 is 1.15 bits per heavy atom. The molecular formula is C17H16N2O. The average Bonchev–Trinajstić information content (AvgIpc) is 2.47. The number of hydrogen-bond acceptors (Lipinski definition) is 2. The molecule has 0 aliphatic rings. The Hall–Kier alpha value is -2.57. The van der Waals surface area contributed by atoms with Crippen molar-refractivity contribution in [2.75, 3.05) is 11.9 Å². The SMILES string of the molecule is Cc1ccc(NC(=O)c2ccccc2C#CCN)cc1. The fourth-order valence-electron chi connectivity index (χ4n) is 1.77. The fraction of sp³-hybridized carbons (Fsp3) is 0.118. The molecule has 0 unspecified atom stereocenters. The Kier molecular flexibility index (Phi) is 4.54. The number of rotatable bonds is 2. The Morgan fingerprint density at radius 3 is 2.55 bits per heavy atom. The highest BCUT2D eigenvalue weighted by Gasteiger charge is 2.09. The molecule has 0 aromatic heterocycles. The van der Waals surface area contributed by atoms with Crippen LogP contribution in [0.4, 0.5) is 5.69 Å². The van der Waals surface area contributed by atoms with Crippen LogP contribution in [0.2, 0.25) is 0 Å². The predicted molar refractivity (Wildman–Crippen MR) is 81.5 cm³/mol. The van der Waals surface area contributed by atoms with Gasteiger partial charge in [0, 0.05) is 11.3 Å². The van der Waals surface area contributed by atoms with Crippen LogP contribution >= 0.6 is 0 Å². The molecule has 100 valence electrons. The first-order chi connectivity index (χ1) is 9.70. The summed E-state index contributed by atoms with van der Waals surface area (Å²) in [5, 5.41) is 2.86. The van der Waals surface area contributed by atoms with Crippen molar-refractivity contribution in [1.82, 2.24) is 0 Å². The number of nitrogens with one attached hydrogen (secondary N) is 1. The number of nitrogens with two attached hydrogens (primary N) is 1. The van der Waals surface area contributed by atoms with E-state index in [2.05, 4.69) is 17.2 Å². The molecule has 2 rings (SSSR count). The van der Waals surface area contributed by atoms with E-state index in [4.69, 9.17) is 5.73 Å². The van der Waals surface area contributed by atoms with E-state index in [-0.39, 0.29) is 12.5 Å². The van der Waals surface area contributed by atoms with Crippen LogP contribution in [-0.4, -0.2) is 12.5 Å². The summed E-state index contributed by atoms with van der Waals surface area (Å²) in [7, 11) is 0. The first-order valence-corrected chi connectivity index (χ1v) is 6.36. The van der Waals surface area contributed by atoms with Gasteiger partial charge in [-0.3, -0.25) is 4.79 Å². The van der Waals surface area contributed by atoms with Crippen LogP contribution in [0.1, 0.15) is 21.5 Å². The predicted octanol–water partition coefficient (Wildman–Crippen LogP) is 2.56. The molecule has 2 aromatic rings. The first-order valence-electron chi connectivity index (χ1n) is 6.36. The summed E-state index contributed by atoms with van der Waals surface area (Å²) < 4.78 is 0. The molecule has 0 atom stereocenters. The van der Waals surface area contributed by atoms with Gasteiger partial charge in [-0.05, 0) is 31.2 Å². The summed E-state index contributed by atoms with van der Waals surface area (Å²) in [6.07, 6.45) is 0. The van der Waals surface area contributed by atoms with Gasteiger partial charge in [0.2, 0.25) is 0 Å². The molecule has 0 fully saturated rings. The maximum atomic E-state index is 12.3. The smallest absolute Gasteiger partial charge is 0.256 e. The lowest BCUT2D eigenvalue weighted by atomic mass is 10.1. The summed E-state index contributed by atoms with van der Waals surface area (Å²) >= 11 is 0. The van der Waals surface area contributed by atoms with Gasteiger partial charge < -0.3 is 11.1 Å². The van der Waals surface area contributed by atoms with E-state index in [1.807, 2.05) is 49.4 Å². The van der Waals surface area contributed by atoms with Crippen LogP contribution in [-0.2, 0) is 0 Å². The minimum atomic E-state index is -0.171. The van der Waals surface area contributed by atoms with Gasteiger partial charge in [-0.15, -0.1) is 0 Å². The maximum absolute atomic E-state index is 12.3. The van der Waals surface area contributed by atoms with E-state index in [0.29, 0.717) is 11.1 Å². The van der Waals surface area contributed by atoms with Gasteiger partial charge in [0.25, 0.3) is 5.91 Å². The minimum Gasteiger partial charge on any atom is -0.322 e. The molecule has 0 heterocycles. The van der Waals surface area contributed by atoms with E-state index in [1.165, 1.54) is 0 Å². The second kappa shape index (κ2) is 6.55. The quantitative estimate of drug-likeness (QED) is 0.819. The van der Waals surface area contributed by atoms with E-state index in [1.54, 1.807) is 6.07 Å². The monoisotopic (exact) mass is 264 g/mol. The summed E-state index contributed by atoms with van der Waals surface area (Å²) in [5.41, 5.74) is 8.52. The third-order valence-electron chi connectivity index (χ3n) is 2.81. The number of anilines is 1. The molecule has 2 aromatic carbocycles. The van der Waals surface area contributed by atoms with Crippen LogP contribution < -0.4 is 11.1 Å². The number of carbonyl (C=O) groups excluding carboxylic acids is 1. The third kappa shape index (κ3) is 3.47. The van der Waals surface area contributed by atoms with Crippen LogP contribution in [0.5, 0.6) is 0 Å². The van der Waals surface area contributed by atoms with Gasteiger partial charge in [-0.2, -0.15) is 0 Å². The Labute approximate surface area is 118 Å². The molecular weight excluding hydrogens is 248 g/mol. The van der Waals surface area contributed by atoms with Crippen molar-refractivity contribution in [3.05, 3.63) is 65.2 Å². The Bertz CT molecular complexity index is 663. The van der Waals surface area contributed by atoms with Crippen LogP contribution in [0.15, 0.2) is 48.5 Å². The topological polar surface area (TPSA) is 55.1 Å². The molecule has 1 amide bonds. The number of carbonyl (C=O) groups is 1. The van der Waals surface area contributed by atoms with Crippen molar-refractivity contribution >= 4 is 11.6 Å². The standard InChI is InChI=1S/C17H16N2O/c1-13-8-10-15(11-9-13)19-17(20)16-7-3-2-5-14(16)6-4-12-18/h2-3,5,7-11H,12,18H2,1H3,(H,19,20). The summed E-state index contributed by atoms with van der Waals surface area (Å²) in [4.78, 5) is 12.3. The van der Waals surface area contributed by atoms with Gasteiger partial charge in [0.05, 0.1) is 12.1 Å². The number of amides is 1. The van der Waals surface area contributed by atoms with E-state index in [0.717, 1.165) is 11.3 Å². The normalized spacial score (nSPS) is 9.50. The van der Waals surface area contributed by atoms with Gasteiger partial charge in [0.1, 0.15) is 0 Å². The molecule has 0 saturated heterocycles. The third-order valence-corrected chi connectivity index (χ3v) is 2.81. The molecule has 0 spiro atoms. The lowest BCUT2D eigenvalue weighted by molar-refractivity contribution is 0.102. The first kappa shape index (κ1) is 13.9. The van der Waals surface area contributed by atoms with E-state index >= 15 is 0 Å². The maximum Gasteiger partial charge on any atom is 0.256 e. The number of aryl methyl sites for hydroxylation is 1. The average molecular weight is 264 g/mol. The molecule has 3 N–H and O–H groups in total. The number of hydrogen-bond donors (Lipinski definition) is 2. The van der Waals surface area contributed by atoms with Crippen molar-refractivity contribution in [3.8, 4) is 11.8 Å². The van der Waals surface area contributed by atoms with Crippen molar-refractivity contribution < 1.29 is 4.79 Å². The number of benzene rings is 2. The van der Waals surface area contributed by atoms with Crippen LogP contribution in [0, 0.1) is 18.8 Å². The van der Waals surface area contributed by atoms with Gasteiger partial charge in [0.15, 0.2) is 0 Å². The zero-order valence-electron chi connectivity index (χ0n) is 11.3. The molecule has 3 heteroatoms. The highest BCUT2D eigenvalue weighted by molar-refractivity contribution is 6.05. The van der Waals surface area contributed by atoms with Crippen molar-refractivity contribution in [2.45, 2.75) is 6.92 Å². The Balaban J connectivity index is 2.23. The van der Waals surface area contributed by atoms with Crippen molar-refractivity contribution in [3.63, 3.8) is 0 Å². The van der Waals surface area contributed by atoms with Gasteiger partial charge in [-0.1, -0.05) is 41.7 Å². The molecule has 0 aliphatic carbocycles. The van der Waals surface area contributed by atoms with Crippen molar-refractivity contribution in [2.24, 2.45) is 5.73 Å². The minimum absolute atomic E-state index is 0.171. The molecule has 20 heavy (non-hydrogen) atoms. The molecule has 0 aliphatic heterocycles. The van der Waals surface area contributed by atoms with Crippen molar-refractivity contribution in [1.29, 1.82) is 0 Å². The summed E-state index contributed by atoms with van der Waals surface area (Å²) in [6.45, 7) is 2.28. The lowest BCUT2D eigenvalue weighted by Crippen LogP contribution is -2.13. The van der Waals surface area contributed by atoms with Crippen LogP contribution in [0.25, 0.3) is 0 Å². The zero-order valence-corrected chi connectivity index (χ0v) is 11.3. The molecule has 0 bridgehead atoms. The molecule has 3 nitrogen and oxygen atoms in total. The largest absolute Gasteiger partial charge is 0.322 e. The lowest BCUT2D eigenvalue weighted by Gasteiger charge is -2.07. The zero-order chi connectivity index (χ0) is 14.4. The second-order valence-electron chi connectivity index (χ2n) is 4.37. The summed E-state index contributed by atoms with van der Waals surface area (Å²) in [6, 6.07) is 14.9.